The molecule has 0 saturated heterocycles. The van der Waals surface area contributed by atoms with Crippen molar-refractivity contribution >= 4 is 15.7 Å². The number of nitrogens with zero attached hydrogens (tertiary/aromatic N) is 3. The fourth-order valence-corrected chi connectivity index (χ4v) is 4.69. The molecule has 9 heteroatoms. The number of sulfonamides is 1. The van der Waals surface area contributed by atoms with E-state index < -0.39 is 21.4 Å². The summed E-state index contributed by atoms with van der Waals surface area (Å²) < 4.78 is 32.0. The first-order valence-corrected chi connectivity index (χ1v) is 10.4. The second-order valence-electron chi connectivity index (χ2n) is 6.87. The van der Waals surface area contributed by atoms with Gasteiger partial charge in [0, 0.05) is 13.1 Å². The highest BCUT2D eigenvalue weighted by Gasteiger charge is 2.22. The average molecular weight is 400 g/mol. The largest absolute Gasteiger partial charge is 0.351 e. The van der Waals surface area contributed by atoms with Gasteiger partial charge >= 0.3 is 11.4 Å². The van der Waals surface area contributed by atoms with Gasteiger partial charge in [-0.1, -0.05) is 18.2 Å². The monoisotopic (exact) mass is 400 g/mol. The summed E-state index contributed by atoms with van der Waals surface area (Å²) in [5, 5.41) is 0. The third-order valence-corrected chi connectivity index (χ3v) is 6.34. The number of nitrogens with one attached hydrogen (secondary N) is 1. The molecule has 1 aliphatic heterocycles. The van der Waals surface area contributed by atoms with E-state index in [1.807, 2.05) is 32.0 Å². The third kappa shape index (κ3) is 2.88. The summed E-state index contributed by atoms with van der Waals surface area (Å²) in [7, 11) is -3.80. The molecule has 146 valence electrons. The maximum Gasteiger partial charge on any atom is 0.351 e. The molecule has 0 aliphatic carbocycles. The summed E-state index contributed by atoms with van der Waals surface area (Å²) in [6, 6.07) is 11.3. The number of aryl methyl sites for hydroxylation is 2. The van der Waals surface area contributed by atoms with Crippen molar-refractivity contribution < 1.29 is 8.42 Å². The third-order valence-electron chi connectivity index (χ3n) is 4.98. The molecule has 1 aromatic heterocycles. The molecule has 8 nitrogen and oxygen atoms in total. The number of rotatable bonds is 4. The maximum atomic E-state index is 12.8. The van der Waals surface area contributed by atoms with E-state index in [2.05, 4.69) is 4.72 Å². The molecular weight excluding hydrogens is 380 g/mol. The van der Waals surface area contributed by atoms with Gasteiger partial charge in [-0.15, -0.1) is 0 Å². The van der Waals surface area contributed by atoms with Gasteiger partial charge in [0.2, 0.25) is 0 Å². The fourth-order valence-electron chi connectivity index (χ4n) is 3.49. The van der Waals surface area contributed by atoms with Crippen LogP contribution in [0.25, 0.3) is 5.69 Å². The van der Waals surface area contributed by atoms with E-state index in [4.69, 9.17) is 0 Å². The predicted molar refractivity (Wildman–Crippen MR) is 106 cm³/mol. The van der Waals surface area contributed by atoms with E-state index in [1.54, 1.807) is 0 Å². The van der Waals surface area contributed by atoms with E-state index in [9.17, 15) is 18.0 Å². The fraction of sp³-hybridized carbons (Fsp3) is 0.263. The van der Waals surface area contributed by atoms with Gasteiger partial charge in [-0.05, 0) is 55.7 Å². The van der Waals surface area contributed by atoms with Gasteiger partial charge in [0.25, 0.3) is 10.0 Å². The van der Waals surface area contributed by atoms with Crippen molar-refractivity contribution in [3.05, 3.63) is 74.6 Å². The first-order valence-electron chi connectivity index (χ1n) is 8.92. The molecule has 1 aliphatic rings. The lowest BCUT2D eigenvalue weighted by Gasteiger charge is -2.13. The SMILES string of the molecule is Cc1cccc(C)c1NS(=O)(=O)c1ccc(-n2c(=O)n3n(c2=O)CCC3)cc1. The lowest BCUT2D eigenvalue weighted by atomic mass is 10.1. The zero-order chi connectivity index (χ0) is 20.1. The highest BCUT2D eigenvalue weighted by Crippen LogP contribution is 2.23. The Morgan fingerprint density at radius 2 is 1.39 bits per heavy atom. The van der Waals surface area contributed by atoms with Gasteiger partial charge < -0.3 is 0 Å². The highest BCUT2D eigenvalue weighted by atomic mass is 32.2. The van der Waals surface area contributed by atoms with Crippen molar-refractivity contribution in [3.8, 4) is 5.69 Å². The first kappa shape index (κ1) is 18.3. The quantitative estimate of drug-likeness (QED) is 0.720. The first-order chi connectivity index (χ1) is 13.3. The van der Waals surface area contributed by atoms with E-state index in [-0.39, 0.29) is 4.90 Å². The van der Waals surface area contributed by atoms with Crippen molar-refractivity contribution in [1.29, 1.82) is 0 Å². The Balaban J connectivity index is 1.69. The molecule has 28 heavy (non-hydrogen) atoms. The topological polar surface area (TPSA) is 95.1 Å². The summed E-state index contributed by atoms with van der Waals surface area (Å²) in [4.78, 5) is 25.0. The van der Waals surface area contributed by atoms with E-state index in [0.29, 0.717) is 24.5 Å². The number of anilines is 1. The molecule has 4 rings (SSSR count). The molecule has 0 fully saturated rings. The van der Waals surface area contributed by atoms with Crippen LogP contribution in [0.5, 0.6) is 0 Å². The zero-order valence-corrected chi connectivity index (χ0v) is 16.4. The van der Waals surface area contributed by atoms with Crippen molar-refractivity contribution in [2.75, 3.05) is 4.72 Å². The van der Waals surface area contributed by atoms with Crippen LogP contribution in [0.15, 0.2) is 56.9 Å². The van der Waals surface area contributed by atoms with Gasteiger partial charge in [-0.3, -0.25) is 4.72 Å². The Morgan fingerprint density at radius 3 is 1.93 bits per heavy atom. The summed E-state index contributed by atoms with van der Waals surface area (Å²) in [6.45, 7) is 4.68. The molecule has 1 N–H and O–H groups in total. The van der Waals surface area contributed by atoms with Crippen molar-refractivity contribution in [1.82, 2.24) is 13.9 Å². The van der Waals surface area contributed by atoms with Crippen LogP contribution in [0.1, 0.15) is 17.5 Å². The summed E-state index contributed by atoms with van der Waals surface area (Å²) in [5.74, 6) is 0. The molecule has 0 amide bonds. The molecule has 2 aromatic carbocycles. The molecule has 0 radical (unpaired) electrons. The average Bonchev–Trinajstić information content (AvgIpc) is 3.23. The molecule has 0 atom stereocenters. The summed E-state index contributed by atoms with van der Waals surface area (Å²) in [5.41, 5.74) is 1.71. The molecule has 3 aromatic rings. The Bertz CT molecular complexity index is 1230. The maximum absolute atomic E-state index is 12.8. The molecule has 0 saturated carbocycles. The predicted octanol–water partition coefficient (Wildman–Crippen LogP) is 1.62. The number of aromatic nitrogens is 3. The lowest BCUT2D eigenvalue weighted by molar-refractivity contribution is 0.580. The van der Waals surface area contributed by atoms with Crippen LogP contribution in [0.3, 0.4) is 0 Å². The highest BCUT2D eigenvalue weighted by molar-refractivity contribution is 7.92. The van der Waals surface area contributed by atoms with Crippen LogP contribution in [-0.2, 0) is 23.1 Å². The normalized spacial score (nSPS) is 13.5. The number of hydrogen-bond acceptors (Lipinski definition) is 4. The molecular formula is C19H20N4O4S. The van der Waals surface area contributed by atoms with Crippen molar-refractivity contribution in [2.45, 2.75) is 38.3 Å². The van der Waals surface area contributed by atoms with Crippen LogP contribution in [0.2, 0.25) is 0 Å². The van der Waals surface area contributed by atoms with Crippen LogP contribution >= 0.6 is 0 Å². The summed E-state index contributed by atoms with van der Waals surface area (Å²) in [6.07, 6.45) is 0.756. The number of para-hydroxylation sites is 1. The van der Waals surface area contributed by atoms with E-state index in [0.717, 1.165) is 22.1 Å². The van der Waals surface area contributed by atoms with Crippen LogP contribution < -0.4 is 16.1 Å². The molecule has 0 bridgehead atoms. The Hall–Kier alpha value is -3.07. The van der Waals surface area contributed by atoms with E-state index in [1.165, 1.54) is 33.6 Å². The van der Waals surface area contributed by atoms with Crippen molar-refractivity contribution in [2.24, 2.45) is 0 Å². The minimum absolute atomic E-state index is 0.0544. The van der Waals surface area contributed by atoms with Crippen LogP contribution in [0.4, 0.5) is 5.69 Å². The zero-order valence-electron chi connectivity index (χ0n) is 15.5. The number of hydrogen-bond donors (Lipinski definition) is 1. The molecule has 2 heterocycles. The van der Waals surface area contributed by atoms with Crippen LogP contribution in [-0.4, -0.2) is 22.3 Å². The minimum Gasteiger partial charge on any atom is -0.279 e. The van der Waals surface area contributed by atoms with Gasteiger partial charge in [0.05, 0.1) is 16.3 Å². The van der Waals surface area contributed by atoms with Crippen molar-refractivity contribution in [3.63, 3.8) is 0 Å². The lowest BCUT2D eigenvalue weighted by Crippen LogP contribution is -2.28. The van der Waals surface area contributed by atoms with Gasteiger partial charge in [-0.2, -0.15) is 0 Å². The Morgan fingerprint density at radius 1 is 0.857 bits per heavy atom. The second-order valence-corrected chi connectivity index (χ2v) is 8.55. The summed E-state index contributed by atoms with van der Waals surface area (Å²) >= 11 is 0. The molecule has 0 unspecified atom stereocenters. The minimum atomic E-state index is -3.80. The van der Waals surface area contributed by atoms with E-state index >= 15 is 0 Å². The van der Waals surface area contributed by atoms with Gasteiger partial charge in [0.15, 0.2) is 0 Å². The Labute approximate surface area is 161 Å². The van der Waals surface area contributed by atoms with Gasteiger partial charge in [-0.25, -0.2) is 31.9 Å². The number of fused-ring (bicyclic) bond motifs is 1. The Kier molecular flexibility index (Phi) is 4.26. The van der Waals surface area contributed by atoms with Crippen LogP contribution in [0, 0.1) is 13.8 Å². The number of benzene rings is 2. The second kappa shape index (κ2) is 6.52. The standard InChI is InChI=1S/C19H20N4O4S/c1-13-5-3-6-14(2)17(13)20-28(26,27)16-9-7-15(8-10-16)23-18(24)21-11-4-12-22(21)19(23)25/h3,5-10,20H,4,11-12H2,1-2H3. The smallest absolute Gasteiger partial charge is 0.279 e. The molecule has 0 spiro atoms. The van der Waals surface area contributed by atoms with Gasteiger partial charge in [0.1, 0.15) is 0 Å².